The lowest BCUT2D eigenvalue weighted by atomic mass is 10.1. The monoisotopic (exact) mass is 343 g/mol. The lowest BCUT2D eigenvalue weighted by Crippen LogP contribution is -2.20. The number of esters is 1. The summed E-state index contributed by atoms with van der Waals surface area (Å²) >= 11 is 1.27. The smallest absolute Gasteiger partial charge is 0.315 e. The van der Waals surface area contributed by atoms with Gasteiger partial charge in [0, 0.05) is 5.69 Å². The number of amides is 1. The van der Waals surface area contributed by atoms with Crippen LogP contribution in [0.3, 0.4) is 0 Å². The van der Waals surface area contributed by atoms with Gasteiger partial charge in [-0.3, -0.25) is 9.59 Å². The Morgan fingerprint density at radius 1 is 1.08 bits per heavy atom. The molecule has 1 amide bonds. The van der Waals surface area contributed by atoms with E-state index in [1.54, 1.807) is 6.92 Å². The van der Waals surface area contributed by atoms with Gasteiger partial charge in [0.25, 0.3) is 0 Å². The van der Waals surface area contributed by atoms with E-state index in [1.807, 2.05) is 61.5 Å². The maximum Gasteiger partial charge on any atom is 0.315 e. The van der Waals surface area contributed by atoms with Crippen LogP contribution in [0, 0.1) is 6.92 Å². The zero-order chi connectivity index (χ0) is 17.4. The molecule has 0 aliphatic heterocycles. The summed E-state index contributed by atoms with van der Waals surface area (Å²) in [6.07, 6.45) is 0. The topological polar surface area (TPSA) is 55.4 Å². The molecule has 126 valence electrons. The molecule has 0 aliphatic rings. The highest BCUT2D eigenvalue weighted by Crippen LogP contribution is 2.30. The van der Waals surface area contributed by atoms with Gasteiger partial charge in [-0.05, 0) is 31.5 Å². The summed E-state index contributed by atoms with van der Waals surface area (Å²) in [6, 6.07) is 17.1. The molecule has 0 saturated carbocycles. The first-order valence-electron chi connectivity index (χ1n) is 7.80. The molecule has 24 heavy (non-hydrogen) atoms. The number of benzene rings is 2. The van der Waals surface area contributed by atoms with E-state index in [-0.39, 0.29) is 17.6 Å². The Morgan fingerprint density at radius 2 is 1.75 bits per heavy atom. The van der Waals surface area contributed by atoms with Gasteiger partial charge in [-0.25, -0.2) is 0 Å². The molecular weight excluding hydrogens is 322 g/mol. The third-order valence-electron chi connectivity index (χ3n) is 3.33. The summed E-state index contributed by atoms with van der Waals surface area (Å²) in [5.41, 5.74) is 2.73. The van der Waals surface area contributed by atoms with E-state index in [4.69, 9.17) is 4.74 Å². The lowest BCUT2D eigenvalue weighted by Gasteiger charge is -2.17. The standard InChI is InChI=1S/C19H21NO3S/c1-3-23-17(21)13-24-18(15-7-5-4-6-8-15)19(22)20-16-11-9-14(2)10-12-16/h4-12,18H,3,13H2,1-2H3,(H,20,22)/t18-/m0/s1. The fourth-order valence-corrected chi connectivity index (χ4v) is 3.10. The van der Waals surface area contributed by atoms with Gasteiger partial charge in [-0.15, -0.1) is 11.8 Å². The van der Waals surface area contributed by atoms with E-state index in [0.29, 0.717) is 6.61 Å². The zero-order valence-corrected chi connectivity index (χ0v) is 14.6. The minimum absolute atomic E-state index is 0.134. The molecule has 0 radical (unpaired) electrons. The zero-order valence-electron chi connectivity index (χ0n) is 13.8. The van der Waals surface area contributed by atoms with Crippen molar-refractivity contribution >= 4 is 29.3 Å². The number of hydrogen-bond acceptors (Lipinski definition) is 4. The second-order valence-corrected chi connectivity index (χ2v) is 6.36. The first kappa shape index (κ1) is 18.1. The number of nitrogens with one attached hydrogen (secondary N) is 1. The quantitative estimate of drug-likeness (QED) is 0.773. The van der Waals surface area contributed by atoms with Crippen LogP contribution >= 0.6 is 11.8 Å². The largest absolute Gasteiger partial charge is 0.465 e. The highest BCUT2D eigenvalue weighted by molar-refractivity contribution is 8.00. The Morgan fingerprint density at radius 3 is 2.38 bits per heavy atom. The molecule has 2 aromatic rings. The van der Waals surface area contributed by atoms with Crippen LogP contribution in [0.25, 0.3) is 0 Å². The number of aryl methyl sites for hydroxylation is 1. The van der Waals surface area contributed by atoms with E-state index >= 15 is 0 Å². The number of ether oxygens (including phenoxy) is 1. The van der Waals surface area contributed by atoms with Crippen LogP contribution in [-0.4, -0.2) is 24.2 Å². The number of anilines is 1. The summed E-state index contributed by atoms with van der Waals surface area (Å²) < 4.78 is 4.95. The van der Waals surface area contributed by atoms with Crippen molar-refractivity contribution in [3.8, 4) is 0 Å². The Balaban J connectivity index is 2.10. The van der Waals surface area contributed by atoms with Crippen molar-refractivity contribution in [1.29, 1.82) is 0 Å². The van der Waals surface area contributed by atoms with Gasteiger partial charge in [0.2, 0.25) is 5.91 Å². The van der Waals surface area contributed by atoms with Gasteiger partial charge in [0.05, 0.1) is 12.4 Å². The molecule has 0 spiro atoms. The molecule has 0 unspecified atom stereocenters. The molecule has 4 nitrogen and oxygen atoms in total. The predicted octanol–water partition coefficient (Wildman–Crippen LogP) is 3.97. The van der Waals surface area contributed by atoms with Gasteiger partial charge in [-0.2, -0.15) is 0 Å². The maximum absolute atomic E-state index is 12.7. The first-order chi connectivity index (χ1) is 11.6. The van der Waals surface area contributed by atoms with Crippen LogP contribution in [0.2, 0.25) is 0 Å². The van der Waals surface area contributed by atoms with Gasteiger partial charge < -0.3 is 10.1 Å². The Hall–Kier alpha value is -2.27. The number of carbonyl (C=O) groups excluding carboxylic acids is 2. The number of hydrogen-bond donors (Lipinski definition) is 1. The number of thioether (sulfide) groups is 1. The lowest BCUT2D eigenvalue weighted by molar-refractivity contribution is -0.139. The second kappa shape index (κ2) is 9.13. The minimum atomic E-state index is -0.475. The van der Waals surface area contributed by atoms with Gasteiger partial charge in [0.15, 0.2) is 0 Å². The highest BCUT2D eigenvalue weighted by atomic mass is 32.2. The summed E-state index contributed by atoms with van der Waals surface area (Å²) in [5.74, 6) is -0.333. The Bertz CT molecular complexity index is 671. The summed E-state index contributed by atoms with van der Waals surface area (Å²) in [6.45, 7) is 4.10. The Labute approximate surface area is 146 Å². The molecule has 0 aliphatic carbocycles. The molecule has 1 atom stereocenters. The summed E-state index contributed by atoms with van der Waals surface area (Å²) in [7, 11) is 0. The van der Waals surface area contributed by atoms with Crippen molar-refractivity contribution in [1.82, 2.24) is 0 Å². The van der Waals surface area contributed by atoms with E-state index in [2.05, 4.69) is 5.32 Å². The van der Waals surface area contributed by atoms with Crippen molar-refractivity contribution in [3.63, 3.8) is 0 Å². The molecule has 0 bridgehead atoms. The van der Waals surface area contributed by atoms with E-state index in [1.165, 1.54) is 11.8 Å². The van der Waals surface area contributed by atoms with Crippen molar-refractivity contribution < 1.29 is 14.3 Å². The van der Waals surface area contributed by atoms with E-state index in [9.17, 15) is 9.59 Å². The van der Waals surface area contributed by atoms with E-state index < -0.39 is 5.25 Å². The maximum atomic E-state index is 12.7. The molecule has 0 fully saturated rings. The third kappa shape index (κ3) is 5.42. The van der Waals surface area contributed by atoms with Crippen LogP contribution in [0.4, 0.5) is 5.69 Å². The molecule has 2 rings (SSSR count). The summed E-state index contributed by atoms with van der Waals surface area (Å²) in [5, 5.41) is 2.44. The highest BCUT2D eigenvalue weighted by Gasteiger charge is 2.22. The molecule has 2 aromatic carbocycles. The molecule has 0 heterocycles. The van der Waals surface area contributed by atoms with Crippen LogP contribution < -0.4 is 5.32 Å². The van der Waals surface area contributed by atoms with Crippen LogP contribution in [0.15, 0.2) is 54.6 Å². The normalized spacial score (nSPS) is 11.6. The van der Waals surface area contributed by atoms with Crippen molar-refractivity contribution in [2.24, 2.45) is 0 Å². The third-order valence-corrected chi connectivity index (χ3v) is 4.55. The molecule has 5 heteroatoms. The van der Waals surface area contributed by atoms with Gasteiger partial charge in [0.1, 0.15) is 5.25 Å². The second-order valence-electron chi connectivity index (χ2n) is 5.26. The van der Waals surface area contributed by atoms with E-state index in [0.717, 1.165) is 16.8 Å². The van der Waals surface area contributed by atoms with Gasteiger partial charge in [-0.1, -0.05) is 48.0 Å². The van der Waals surface area contributed by atoms with Crippen molar-refractivity contribution in [2.75, 3.05) is 17.7 Å². The van der Waals surface area contributed by atoms with Crippen molar-refractivity contribution in [2.45, 2.75) is 19.1 Å². The average molecular weight is 343 g/mol. The molecule has 0 aromatic heterocycles. The Kier molecular flexibility index (Phi) is 6.88. The minimum Gasteiger partial charge on any atom is -0.465 e. The van der Waals surface area contributed by atoms with Gasteiger partial charge >= 0.3 is 5.97 Å². The number of carbonyl (C=O) groups is 2. The summed E-state index contributed by atoms with van der Waals surface area (Å²) in [4.78, 5) is 24.3. The van der Waals surface area contributed by atoms with Crippen LogP contribution in [0.1, 0.15) is 23.3 Å². The SMILES string of the molecule is CCOC(=O)CS[C@H](C(=O)Nc1ccc(C)cc1)c1ccccc1. The number of rotatable bonds is 7. The van der Waals surface area contributed by atoms with Crippen molar-refractivity contribution in [3.05, 3.63) is 65.7 Å². The predicted molar refractivity (Wildman–Crippen MR) is 98.1 cm³/mol. The van der Waals surface area contributed by atoms with Crippen LogP contribution in [0.5, 0.6) is 0 Å². The van der Waals surface area contributed by atoms with Crippen LogP contribution in [-0.2, 0) is 14.3 Å². The molecule has 1 N–H and O–H groups in total. The fraction of sp³-hybridized carbons (Fsp3) is 0.263. The molecular formula is C19H21NO3S. The average Bonchev–Trinajstić information content (AvgIpc) is 2.58. The first-order valence-corrected chi connectivity index (χ1v) is 8.84. The fourth-order valence-electron chi connectivity index (χ4n) is 2.15. The molecule has 0 saturated heterocycles.